The zero-order valence-electron chi connectivity index (χ0n) is 15.8. The van der Waals surface area contributed by atoms with Crippen molar-refractivity contribution in [3.63, 3.8) is 0 Å². The molecule has 0 saturated carbocycles. The minimum absolute atomic E-state index is 0.242. The first-order valence-electron chi connectivity index (χ1n) is 8.69. The van der Waals surface area contributed by atoms with E-state index in [1.54, 1.807) is 19.2 Å². The summed E-state index contributed by atoms with van der Waals surface area (Å²) in [5.74, 6) is 1.08. The third-order valence-electron chi connectivity index (χ3n) is 5.00. The Kier molecular flexibility index (Phi) is 4.16. The zero-order chi connectivity index (χ0) is 19.3. The van der Waals surface area contributed by atoms with E-state index in [0.29, 0.717) is 22.6 Å². The fourth-order valence-electron chi connectivity index (χ4n) is 3.76. The third kappa shape index (κ3) is 2.53. The maximum Gasteiger partial charge on any atom is 0.273 e. The van der Waals surface area contributed by atoms with Gasteiger partial charge in [0.25, 0.3) is 10.0 Å². The first-order valence-corrected chi connectivity index (χ1v) is 10.1. The van der Waals surface area contributed by atoms with Crippen LogP contribution in [0.2, 0.25) is 0 Å². The van der Waals surface area contributed by atoms with Crippen molar-refractivity contribution < 1.29 is 17.9 Å². The van der Waals surface area contributed by atoms with Gasteiger partial charge in [-0.25, -0.2) is 12.4 Å². The van der Waals surface area contributed by atoms with Crippen LogP contribution >= 0.6 is 0 Å². The van der Waals surface area contributed by atoms with Crippen LogP contribution in [0.1, 0.15) is 5.56 Å². The molecule has 1 aromatic heterocycles. The summed E-state index contributed by atoms with van der Waals surface area (Å²) in [4.78, 5) is 2.33. The lowest BCUT2D eigenvalue weighted by molar-refractivity contribution is 0.403. The van der Waals surface area contributed by atoms with Gasteiger partial charge in [0.15, 0.2) is 0 Å². The highest BCUT2D eigenvalue weighted by Crippen LogP contribution is 2.48. The average molecular weight is 386 g/mol. The van der Waals surface area contributed by atoms with Crippen molar-refractivity contribution in [1.82, 2.24) is 8.87 Å². The molecule has 3 aromatic rings. The molecule has 0 amide bonds. The molecule has 4 rings (SSSR count). The molecule has 0 radical (unpaired) electrons. The Hall–Kier alpha value is -2.51. The van der Waals surface area contributed by atoms with E-state index in [1.165, 1.54) is 11.1 Å². The minimum atomic E-state index is -3.73. The van der Waals surface area contributed by atoms with Crippen molar-refractivity contribution in [2.24, 2.45) is 0 Å². The summed E-state index contributed by atoms with van der Waals surface area (Å²) in [6.45, 7) is 0.808. The highest BCUT2D eigenvalue weighted by atomic mass is 32.2. The van der Waals surface area contributed by atoms with Gasteiger partial charge in [-0.2, -0.15) is 0 Å². The molecule has 2 aromatic carbocycles. The van der Waals surface area contributed by atoms with Crippen LogP contribution < -0.4 is 9.47 Å². The van der Waals surface area contributed by atoms with Gasteiger partial charge in [-0.15, -0.1) is 0 Å². The maximum absolute atomic E-state index is 13.4. The van der Waals surface area contributed by atoms with E-state index in [9.17, 15) is 8.42 Å². The summed E-state index contributed by atoms with van der Waals surface area (Å²) in [5, 5.41) is 0.906. The Morgan fingerprint density at radius 2 is 1.85 bits per heavy atom. The van der Waals surface area contributed by atoms with E-state index >= 15 is 0 Å². The number of fused-ring (bicyclic) bond motifs is 5. The molecule has 0 aliphatic carbocycles. The molecule has 0 spiro atoms. The van der Waals surface area contributed by atoms with E-state index in [-0.39, 0.29) is 4.90 Å². The molecule has 7 heteroatoms. The molecule has 1 aliphatic heterocycles. The number of benzene rings is 2. The second-order valence-electron chi connectivity index (χ2n) is 6.87. The predicted octanol–water partition coefficient (Wildman–Crippen LogP) is 2.98. The maximum atomic E-state index is 13.4. The molecule has 0 atom stereocenters. The smallest absolute Gasteiger partial charge is 0.273 e. The van der Waals surface area contributed by atoms with Crippen LogP contribution in [0.3, 0.4) is 0 Å². The van der Waals surface area contributed by atoms with Gasteiger partial charge in [0.1, 0.15) is 16.4 Å². The SMILES string of the molecule is COc1ccc2c(c1)c(CCN(C)C)c1n2S(=O)(=O)c2c(OC)cccc2-1. The van der Waals surface area contributed by atoms with E-state index in [2.05, 4.69) is 4.90 Å². The van der Waals surface area contributed by atoms with Crippen LogP contribution in [0.15, 0.2) is 41.3 Å². The Labute approximate surface area is 159 Å². The number of hydrogen-bond donors (Lipinski definition) is 0. The Bertz CT molecular complexity index is 1150. The van der Waals surface area contributed by atoms with Gasteiger partial charge in [-0.3, -0.25) is 0 Å². The number of rotatable bonds is 5. The summed E-state index contributed by atoms with van der Waals surface area (Å²) in [6.07, 6.45) is 0.727. The first-order chi connectivity index (χ1) is 12.9. The average Bonchev–Trinajstić information content (AvgIpc) is 3.10. The normalized spacial score (nSPS) is 14.4. The number of hydrogen-bond acceptors (Lipinski definition) is 5. The van der Waals surface area contributed by atoms with Crippen molar-refractivity contribution in [1.29, 1.82) is 0 Å². The Balaban J connectivity index is 2.10. The Morgan fingerprint density at radius 1 is 1.07 bits per heavy atom. The van der Waals surface area contributed by atoms with E-state index < -0.39 is 10.0 Å². The van der Waals surface area contributed by atoms with Gasteiger partial charge < -0.3 is 14.4 Å². The predicted molar refractivity (Wildman–Crippen MR) is 105 cm³/mol. The van der Waals surface area contributed by atoms with Crippen LogP contribution in [-0.2, 0) is 16.4 Å². The van der Waals surface area contributed by atoms with Gasteiger partial charge >= 0.3 is 0 Å². The molecular formula is C20H22N2O4S. The molecule has 0 N–H and O–H groups in total. The number of likely N-dealkylation sites (N-methyl/N-ethyl adjacent to an activating group) is 1. The third-order valence-corrected chi connectivity index (χ3v) is 6.79. The highest BCUT2D eigenvalue weighted by molar-refractivity contribution is 7.90. The van der Waals surface area contributed by atoms with Crippen LogP contribution in [0.5, 0.6) is 11.5 Å². The summed E-state index contributed by atoms with van der Waals surface area (Å²) in [7, 11) is 3.39. The fourth-order valence-corrected chi connectivity index (χ4v) is 5.66. The second-order valence-corrected chi connectivity index (χ2v) is 8.59. The van der Waals surface area contributed by atoms with Gasteiger partial charge in [0.2, 0.25) is 0 Å². The van der Waals surface area contributed by atoms with Crippen molar-refractivity contribution in [3.8, 4) is 22.8 Å². The highest BCUT2D eigenvalue weighted by Gasteiger charge is 2.39. The van der Waals surface area contributed by atoms with Crippen LogP contribution in [0.4, 0.5) is 0 Å². The zero-order valence-corrected chi connectivity index (χ0v) is 16.6. The van der Waals surface area contributed by atoms with Crippen molar-refractivity contribution in [2.45, 2.75) is 11.3 Å². The van der Waals surface area contributed by atoms with Crippen LogP contribution in [0.25, 0.3) is 22.2 Å². The number of methoxy groups -OCH3 is 2. The van der Waals surface area contributed by atoms with Crippen molar-refractivity contribution >= 4 is 20.9 Å². The Morgan fingerprint density at radius 3 is 2.52 bits per heavy atom. The molecule has 0 saturated heterocycles. The fraction of sp³-hybridized carbons (Fsp3) is 0.300. The second kappa shape index (κ2) is 6.28. The number of ether oxygens (including phenoxy) is 2. The van der Waals surface area contributed by atoms with Gasteiger partial charge in [-0.1, -0.05) is 12.1 Å². The molecular weight excluding hydrogens is 364 g/mol. The lowest BCUT2D eigenvalue weighted by atomic mass is 10.0. The van der Waals surface area contributed by atoms with Crippen LogP contribution in [-0.4, -0.2) is 52.1 Å². The van der Waals surface area contributed by atoms with Crippen molar-refractivity contribution in [3.05, 3.63) is 42.0 Å². The molecule has 1 aliphatic rings. The summed E-state index contributed by atoms with van der Waals surface area (Å²) in [6, 6.07) is 10.9. The number of aromatic nitrogens is 1. The number of nitrogens with zero attached hydrogens (tertiary/aromatic N) is 2. The van der Waals surface area contributed by atoms with E-state index in [0.717, 1.165) is 29.6 Å². The quantitative estimate of drug-likeness (QED) is 0.528. The molecule has 0 unspecified atom stereocenters. The molecule has 6 nitrogen and oxygen atoms in total. The van der Waals surface area contributed by atoms with E-state index in [4.69, 9.17) is 9.47 Å². The van der Waals surface area contributed by atoms with Crippen molar-refractivity contribution in [2.75, 3.05) is 34.9 Å². The monoisotopic (exact) mass is 386 g/mol. The van der Waals surface area contributed by atoms with Crippen LogP contribution in [0, 0.1) is 0 Å². The molecule has 2 heterocycles. The summed E-state index contributed by atoms with van der Waals surface area (Å²) in [5.41, 5.74) is 3.10. The summed E-state index contributed by atoms with van der Waals surface area (Å²) >= 11 is 0. The standard InChI is InChI=1S/C20H22N2O4S/c1-21(2)11-10-14-16-12-13(25-3)8-9-17(16)22-19(14)15-6-5-7-18(26-4)20(15)27(22,23)24/h5-9,12H,10-11H2,1-4H3. The lowest BCUT2D eigenvalue weighted by Crippen LogP contribution is -2.15. The molecule has 0 fully saturated rings. The molecule has 0 bridgehead atoms. The van der Waals surface area contributed by atoms with Gasteiger partial charge in [0.05, 0.1) is 25.4 Å². The summed E-state index contributed by atoms with van der Waals surface area (Å²) < 4.78 is 39.0. The topological polar surface area (TPSA) is 60.8 Å². The lowest BCUT2D eigenvalue weighted by Gasteiger charge is -2.11. The van der Waals surface area contributed by atoms with Gasteiger partial charge in [-0.05, 0) is 50.3 Å². The molecule has 142 valence electrons. The molecule has 27 heavy (non-hydrogen) atoms. The minimum Gasteiger partial charge on any atom is -0.497 e. The van der Waals surface area contributed by atoms with E-state index in [1.807, 2.05) is 38.4 Å². The van der Waals surface area contributed by atoms with Gasteiger partial charge in [0, 0.05) is 17.5 Å². The first kappa shape index (κ1) is 17.9. The largest absolute Gasteiger partial charge is 0.497 e.